The van der Waals surface area contributed by atoms with Crippen LogP contribution in [0.25, 0.3) is 35.1 Å². The number of aromatic nitrogens is 2. The summed E-state index contributed by atoms with van der Waals surface area (Å²) in [5.74, 6) is -0.819. The van der Waals surface area contributed by atoms with Crippen molar-refractivity contribution in [3.05, 3.63) is 136 Å². The van der Waals surface area contributed by atoms with E-state index in [1.54, 1.807) is 12.1 Å². The smallest absolute Gasteiger partial charge is 0.268 e. The van der Waals surface area contributed by atoms with E-state index in [0.717, 1.165) is 21.4 Å². The van der Waals surface area contributed by atoms with Gasteiger partial charge in [0.05, 0.1) is 11.4 Å². The van der Waals surface area contributed by atoms with E-state index >= 15 is 0 Å². The predicted molar refractivity (Wildman–Crippen MR) is 157 cm³/mol. The molecule has 39 heavy (non-hydrogen) atoms. The third-order valence-electron chi connectivity index (χ3n) is 6.77. The fourth-order valence-corrected chi connectivity index (χ4v) is 4.67. The molecule has 0 fully saturated rings. The van der Waals surface area contributed by atoms with Gasteiger partial charge in [-0.2, -0.15) is 0 Å². The van der Waals surface area contributed by atoms with Crippen LogP contribution in [0.5, 0.6) is 0 Å². The third kappa shape index (κ3) is 4.78. The summed E-state index contributed by atoms with van der Waals surface area (Å²) in [6.45, 7) is 4.09. The highest BCUT2D eigenvalue weighted by Crippen LogP contribution is 2.32. The Hall–Kier alpha value is -5.16. The second kappa shape index (κ2) is 9.95. The van der Waals surface area contributed by atoms with Gasteiger partial charge in [0, 0.05) is 16.5 Å². The lowest BCUT2D eigenvalue weighted by Gasteiger charge is -2.25. The van der Waals surface area contributed by atoms with Gasteiger partial charge in [-0.1, -0.05) is 96.1 Å². The van der Waals surface area contributed by atoms with Crippen molar-refractivity contribution in [2.45, 2.75) is 13.8 Å². The van der Waals surface area contributed by atoms with Gasteiger partial charge in [0.2, 0.25) is 5.95 Å². The van der Waals surface area contributed by atoms with Crippen LogP contribution in [0.3, 0.4) is 0 Å². The normalized spacial score (nSPS) is 13.2. The molecule has 0 spiro atoms. The number of hydrogen-bond acceptors (Lipinski definition) is 4. The van der Waals surface area contributed by atoms with Crippen LogP contribution in [0.15, 0.2) is 91.0 Å². The van der Waals surface area contributed by atoms with Gasteiger partial charge >= 0.3 is 0 Å². The number of imide groups is 1. The van der Waals surface area contributed by atoms with Crippen LogP contribution >= 0.6 is 0 Å². The van der Waals surface area contributed by atoms with Gasteiger partial charge in [-0.15, -0.1) is 0 Å². The number of nitrogens with zero attached hydrogens (tertiary/aromatic N) is 3. The minimum atomic E-state index is -0.433. The van der Waals surface area contributed by atoms with Crippen LogP contribution in [0.1, 0.15) is 54.4 Å². The first-order valence-electron chi connectivity index (χ1n) is 12.8. The van der Waals surface area contributed by atoms with Crippen molar-refractivity contribution in [1.29, 1.82) is 0 Å². The van der Waals surface area contributed by atoms with Crippen molar-refractivity contribution in [2.24, 2.45) is 0 Å². The van der Waals surface area contributed by atoms with Crippen LogP contribution in [-0.2, 0) is 0 Å². The van der Waals surface area contributed by atoms with E-state index in [0.29, 0.717) is 27.9 Å². The van der Waals surface area contributed by atoms with Gasteiger partial charge in [-0.05, 0) is 60.7 Å². The molecule has 4 aromatic carbocycles. The van der Waals surface area contributed by atoms with Crippen molar-refractivity contribution in [1.82, 2.24) is 9.97 Å². The molecule has 6 rings (SSSR count). The van der Waals surface area contributed by atoms with Crippen molar-refractivity contribution in [3.8, 4) is 0 Å². The van der Waals surface area contributed by atoms with Crippen LogP contribution in [0, 0.1) is 13.8 Å². The Bertz CT molecular complexity index is 1680. The molecule has 0 aliphatic carbocycles. The van der Waals surface area contributed by atoms with Crippen molar-refractivity contribution in [2.75, 3.05) is 4.90 Å². The fourth-order valence-electron chi connectivity index (χ4n) is 4.67. The zero-order chi connectivity index (χ0) is 26.9. The van der Waals surface area contributed by atoms with E-state index in [-0.39, 0.29) is 5.95 Å². The lowest BCUT2D eigenvalue weighted by atomic mass is 9.94. The number of carbonyl (C=O) groups excluding carboxylic acids is 2. The average Bonchev–Trinajstić information content (AvgIpc) is 2.95. The molecule has 0 radical (unpaired) electrons. The number of aryl methyl sites for hydroxylation is 2. The summed E-state index contributed by atoms with van der Waals surface area (Å²) in [5.41, 5.74) is 6.48. The molecule has 1 aliphatic rings. The molecule has 0 saturated carbocycles. The molecule has 188 valence electrons. The summed E-state index contributed by atoms with van der Waals surface area (Å²) in [5, 5.41) is 1.52. The second-order valence-electron chi connectivity index (χ2n) is 9.66. The summed E-state index contributed by atoms with van der Waals surface area (Å²) in [6, 6.07) is 29.1. The molecule has 0 atom stereocenters. The SMILES string of the molecule is Cc1ccc(/C=C/c2cc(/C=C/c3ccc(C)cc3)nc(N3C(=O)c4cccc5cccc(c45)C3=O)n2)cc1. The van der Waals surface area contributed by atoms with Gasteiger partial charge in [0.1, 0.15) is 0 Å². The summed E-state index contributed by atoms with van der Waals surface area (Å²) in [4.78, 5) is 37.7. The first-order valence-corrected chi connectivity index (χ1v) is 12.8. The van der Waals surface area contributed by atoms with Gasteiger partial charge in [-0.25, -0.2) is 14.9 Å². The molecule has 0 N–H and O–H groups in total. The van der Waals surface area contributed by atoms with E-state index < -0.39 is 11.8 Å². The molecule has 5 heteroatoms. The van der Waals surface area contributed by atoms with Gasteiger partial charge in [0.25, 0.3) is 11.8 Å². The first-order chi connectivity index (χ1) is 19.0. The minimum absolute atomic E-state index is 0.0473. The maximum absolute atomic E-state index is 13.6. The van der Waals surface area contributed by atoms with Crippen LogP contribution in [0.4, 0.5) is 5.95 Å². The van der Waals surface area contributed by atoms with Crippen LogP contribution < -0.4 is 4.90 Å². The van der Waals surface area contributed by atoms with Crippen LogP contribution in [-0.4, -0.2) is 21.8 Å². The van der Waals surface area contributed by atoms with Crippen LogP contribution in [0.2, 0.25) is 0 Å². The summed E-state index contributed by atoms with van der Waals surface area (Å²) in [6.07, 6.45) is 7.64. The molecule has 5 nitrogen and oxygen atoms in total. The number of hydrogen-bond donors (Lipinski definition) is 0. The Balaban J connectivity index is 1.44. The van der Waals surface area contributed by atoms with Crippen molar-refractivity contribution >= 4 is 52.8 Å². The van der Waals surface area contributed by atoms with E-state index in [9.17, 15) is 9.59 Å². The maximum atomic E-state index is 13.6. The van der Waals surface area contributed by atoms with Gasteiger partial charge < -0.3 is 0 Å². The highest BCUT2D eigenvalue weighted by Gasteiger charge is 2.35. The Morgan fingerprint density at radius 1 is 0.590 bits per heavy atom. The monoisotopic (exact) mass is 507 g/mol. The predicted octanol–water partition coefficient (Wildman–Crippen LogP) is 7.39. The summed E-state index contributed by atoms with van der Waals surface area (Å²) in [7, 11) is 0. The standard InChI is InChI=1S/C34H25N3O2/c1-22-9-13-24(14-10-22)17-19-27-21-28(20-18-25-15-11-23(2)12-16-25)36-34(35-27)37-32(38)29-7-3-5-26-6-4-8-30(31(26)29)33(37)39/h3-21H,1-2H3/b19-17+,20-18+. The summed E-state index contributed by atoms with van der Waals surface area (Å²) >= 11 is 0. The largest absolute Gasteiger partial charge is 0.268 e. The molecule has 1 aromatic heterocycles. The quantitative estimate of drug-likeness (QED) is 0.233. The lowest BCUT2D eigenvalue weighted by molar-refractivity contribution is 0.0891. The molecule has 0 unspecified atom stereocenters. The number of rotatable bonds is 5. The molecule has 1 aliphatic heterocycles. The second-order valence-corrected chi connectivity index (χ2v) is 9.66. The average molecular weight is 508 g/mol. The van der Waals surface area contributed by atoms with E-state index in [4.69, 9.17) is 0 Å². The van der Waals surface area contributed by atoms with E-state index in [1.165, 1.54) is 11.1 Å². The van der Waals surface area contributed by atoms with E-state index in [2.05, 4.69) is 9.97 Å². The van der Waals surface area contributed by atoms with Crippen molar-refractivity contribution < 1.29 is 9.59 Å². The van der Waals surface area contributed by atoms with E-state index in [1.807, 2.05) is 117 Å². The zero-order valence-corrected chi connectivity index (χ0v) is 21.6. The molecule has 0 saturated heterocycles. The highest BCUT2D eigenvalue weighted by molar-refractivity contribution is 6.35. The Kier molecular flexibility index (Phi) is 6.17. The minimum Gasteiger partial charge on any atom is -0.268 e. The maximum Gasteiger partial charge on any atom is 0.268 e. The lowest BCUT2D eigenvalue weighted by Crippen LogP contribution is -2.41. The first kappa shape index (κ1) is 24.2. The molecule has 2 amide bonds. The van der Waals surface area contributed by atoms with Gasteiger partial charge in [0.15, 0.2) is 0 Å². The molecule has 0 bridgehead atoms. The van der Waals surface area contributed by atoms with Crippen molar-refractivity contribution in [3.63, 3.8) is 0 Å². The number of carbonyl (C=O) groups is 2. The van der Waals surface area contributed by atoms with Gasteiger partial charge in [-0.3, -0.25) is 9.59 Å². The Morgan fingerprint density at radius 2 is 1.05 bits per heavy atom. The molecular weight excluding hydrogens is 482 g/mol. The topological polar surface area (TPSA) is 63.2 Å². The Labute approximate surface area is 226 Å². The zero-order valence-electron chi connectivity index (χ0n) is 21.6. The number of amides is 2. The fraction of sp³-hybridized carbons (Fsp3) is 0.0588. The third-order valence-corrected chi connectivity index (χ3v) is 6.77. The molecule has 2 heterocycles. The highest BCUT2D eigenvalue weighted by atomic mass is 16.2. The molecular formula is C34H25N3O2. The number of benzene rings is 4. The number of anilines is 1. The summed E-state index contributed by atoms with van der Waals surface area (Å²) < 4.78 is 0. The molecule has 5 aromatic rings. The Morgan fingerprint density at radius 3 is 1.51 bits per heavy atom.